The molecule has 0 aromatic rings. The Bertz CT molecular complexity index is 203. The number of nitrogens with zero attached hydrogens (tertiary/aromatic N) is 2. The van der Waals surface area contributed by atoms with E-state index < -0.39 is 0 Å². The van der Waals surface area contributed by atoms with Crippen LogP contribution in [0.4, 0.5) is 0 Å². The van der Waals surface area contributed by atoms with Crippen LogP contribution in [0.3, 0.4) is 0 Å². The molecule has 0 N–H and O–H groups in total. The van der Waals surface area contributed by atoms with Crippen molar-refractivity contribution in [1.82, 2.24) is 4.90 Å². The van der Waals surface area contributed by atoms with Crippen LogP contribution in [0.25, 0.3) is 0 Å². The highest BCUT2D eigenvalue weighted by Gasteiger charge is 2.15. The van der Waals surface area contributed by atoms with Gasteiger partial charge in [0.05, 0.1) is 12.6 Å². The first kappa shape index (κ1) is 10.3. The number of hydrogen-bond donors (Lipinski definition) is 0. The molecule has 1 aliphatic carbocycles. The monoisotopic (exact) mass is 178 g/mol. The minimum Gasteiger partial charge on any atom is -0.284 e. The fraction of sp³-hybridized carbons (Fsp3) is 0.727. The van der Waals surface area contributed by atoms with Gasteiger partial charge in [-0.15, -0.1) is 0 Å². The van der Waals surface area contributed by atoms with E-state index >= 15 is 0 Å². The second-order valence-corrected chi connectivity index (χ2v) is 3.55. The van der Waals surface area contributed by atoms with Gasteiger partial charge in [-0.05, 0) is 32.2 Å². The molecular formula is C11H18N2. The molecule has 0 saturated carbocycles. The lowest BCUT2D eigenvalue weighted by atomic mass is 10.0. The quantitative estimate of drug-likeness (QED) is 0.488. The lowest BCUT2D eigenvalue weighted by molar-refractivity contribution is 0.239. The zero-order valence-electron chi connectivity index (χ0n) is 8.37. The van der Waals surface area contributed by atoms with Crippen LogP contribution in [0.5, 0.6) is 0 Å². The van der Waals surface area contributed by atoms with E-state index in [1.807, 2.05) is 0 Å². The normalized spacial score (nSPS) is 21.8. The van der Waals surface area contributed by atoms with E-state index in [1.54, 1.807) is 0 Å². The van der Waals surface area contributed by atoms with Gasteiger partial charge in [-0.3, -0.25) is 4.90 Å². The highest BCUT2D eigenvalue weighted by Crippen LogP contribution is 2.16. The van der Waals surface area contributed by atoms with Gasteiger partial charge in [0.2, 0.25) is 0 Å². The number of allylic oxidation sites excluding steroid dienone is 1. The maximum atomic E-state index is 8.68. The molecule has 2 heteroatoms. The Morgan fingerprint density at radius 3 is 3.00 bits per heavy atom. The van der Waals surface area contributed by atoms with Gasteiger partial charge < -0.3 is 0 Å². The van der Waals surface area contributed by atoms with Crippen molar-refractivity contribution < 1.29 is 0 Å². The zero-order valence-corrected chi connectivity index (χ0v) is 8.37. The average molecular weight is 178 g/mol. The third-order valence-electron chi connectivity index (χ3n) is 2.48. The fourth-order valence-electron chi connectivity index (χ4n) is 1.84. The van der Waals surface area contributed by atoms with Crippen LogP contribution in [-0.2, 0) is 0 Å². The average Bonchev–Trinajstić information content (AvgIpc) is 2.19. The molecule has 1 aliphatic rings. The second kappa shape index (κ2) is 5.77. The lowest BCUT2D eigenvalue weighted by Gasteiger charge is -2.28. The molecule has 13 heavy (non-hydrogen) atoms. The van der Waals surface area contributed by atoms with E-state index in [0.717, 1.165) is 13.0 Å². The number of hydrogen-bond acceptors (Lipinski definition) is 2. The fourth-order valence-corrected chi connectivity index (χ4v) is 1.84. The summed E-state index contributed by atoms with van der Waals surface area (Å²) in [6.07, 6.45) is 9.34. The van der Waals surface area contributed by atoms with Crippen LogP contribution < -0.4 is 0 Å². The molecule has 0 heterocycles. The predicted molar refractivity (Wildman–Crippen MR) is 54.3 cm³/mol. The van der Waals surface area contributed by atoms with Crippen molar-refractivity contribution in [2.75, 3.05) is 13.1 Å². The molecule has 0 amide bonds. The Kier molecular flexibility index (Phi) is 4.56. The summed E-state index contributed by atoms with van der Waals surface area (Å²) in [5, 5.41) is 8.68. The standard InChI is InChI=1S/C11H18N2/c1-2-9-13(10-8-12)11-6-4-3-5-7-11/h4,6,11H,2-3,5,7,9-10H2,1H3. The van der Waals surface area contributed by atoms with Gasteiger partial charge in [-0.1, -0.05) is 19.1 Å². The third kappa shape index (κ3) is 3.20. The minimum atomic E-state index is 0.522. The zero-order chi connectivity index (χ0) is 9.52. The van der Waals surface area contributed by atoms with E-state index in [1.165, 1.54) is 19.3 Å². The van der Waals surface area contributed by atoms with Crippen LogP contribution >= 0.6 is 0 Å². The first-order valence-corrected chi connectivity index (χ1v) is 5.16. The van der Waals surface area contributed by atoms with Crippen molar-refractivity contribution in [3.8, 4) is 6.07 Å². The van der Waals surface area contributed by atoms with Gasteiger partial charge in [0.1, 0.15) is 0 Å². The molecule has 2 nitrogen and oxygen atoms in total. The van der Waals surface area contributed by atoms with E-state index in [9.17, 15) is 0 Å². The topological polar surface area (TPSA) is 27.0 Å². The first-order chi connectivity index (χ1) is 6.38. The largest absolute Gasteiger partial charge is 0.284 e. The van der Waals surface area contributed by atoms with Crippen molar-refractivity contribution in [1.29, 1.82) is 5.26 Å². The molecule has 0 saturated heterocycles. The molecule has 72 valence electrons. The summed E-state index contributed by atoms with van der Waals surface area (Å²) >= 11 is 0. The summed E-state index contributed by atoms with van der Waals surface area (Å²) in [5.41, 5.74) is 0. The maximum absolute atomic E-state index is 8.68. The summed E-state index contributed by atoms with van der Waals surface area (Å²) in [6.45, 7) is 3.78. The van der Waals surface area contributed by atoms with Gasteiger partial charge in [0.15, 0.2) is 0 Å². The van der Waals surface area contributed by atoms with E-state index in [4.69, 9.17) is 5.26 Å². The van der Waals surface area contributed by atoms with Crippen molar-refractivity contribution in [3.05, 3.63) is 12.2 Å². The van der Waals surface area contributed by atoms with Gasteiger partial charge in [0, 0.05) is 6.04 Å². The van der Waals surface area contributed by atoms with Gasteiger partial charge >= 0.3 is 0 Å². The molecule has 0 aromatic carbocycles. The molecule has 0 spiro atoms. The Hall–Kier alpha value is -0.810. The van der Waals surface area contributed by atoms with Crippen molar-refractivity contribution in [2.45, 2.75) is 38.6 Å². The SMILES string of the molecule is CCCN(CC#N)C1C=CCCC1. The van der Waals surface area contributed by atoms with E-state index in [0.29, 0.717) is 12.6 Å². The van der Waals surface area contributed by atoms with Gasteiger partial charge in [-0.25, -0.2) is 0 Å². The molecular weight excluding hydrogens is 160 g/mol. The summed E-state index contributed by atoms with van der Waals surface area (Å²) in [6, 6.07) is 2.76. The summed E-state index contributed by atoms with van der Waals surface area (Å²) < 4.78 is 0. The Morgan fingerprint density at radius 1 is 1.62 bits per heavy atom. The molecule has 0 fully saturated rings. The summed E-state index contributed by atoms with van der Waals surface area (Å²) in [4.78, 5) is 2.27. The summed E-state index contributed by atoms with van der Waals surface area (Å²) in [7, 11) is 0. The third-order valence-corrected chi connectivity index (χ3v) is 2.48. The molecule has 0 aromatic heterocycles. The van der Waals surface area contributed by atoms with Gasteiger partial charge in [0.25, 0.3) is 0 Å². The highest BCUT2D eigenvalue weighted by atomic mass is 15.1. The highest BCUT2D eigenvalue weighted by molar-refractivity contribution is 5.00. The Morgan fingerprint density at radius 2 is 2.46 bits per heavy atom. The Balaban J connectivity index is 2.47. The molecule has 0 bridgehead atoms. The molecule has 0 radical (unpaired) electrons. The number of nitriles is 1. The van der Waals surface area contributed by atoms with Crippen LogP contribution in [0, 0.1) is 11.3 Å². The molecule has 0 aliphatic heterocycles. The Labute approximate surface area is 80.8 Å². The smallest absolute Gasteiger partial charge is 0.0870 e. The van der Waals surface area contributed by atoms with Crippen molar-refractivity contribution in [2.24, 2.45) is 0 Å². The first-order valence-electron chi connectivity index (χ1n) is 5.16. The van der Waals surface area contributed by atoms with Gasteiger partial charge in [-0.2, -0.15) is 5.26 Å². The molecule has 1 rings (SSSR count). The predicted octanol–water partition coefficient (Wildman–Crippen LogP) is 2.33. The lowest BCUT2D eigenvalue weighted by Crippen LogP contribution is -2.35. The summed E-state index contributed by atoms with van der Waals surface area (Å²) in [5.74, 6) is 0. The van der Waals surface area contributed by atoms with Crippen molar-refractivity contribution >= 4 is 0 Å². The minimum absolute atomic E-state index is 0.522. The second-order valence-electron chi connectivity index (χ2n) is 3.55. The van der Waals surface area contributed by atoms with Crippen LogP contribution in [0.1, 0.15) is 32.6 Å². The molecule has 1 unspecified atom stereocenters. The maximum Gasteiger partial charge on any atom is 0.0870 e. The van der Waals surface area contributed by atoms with Crippen LogP contribution in [0.2, 0.25) is 0 Å². The van der Waals surface area contributed by atoms with E-state index in [-0.39, 0.29) is 0 Å². The molecule has 1 atom stereocenters. The van der Waals surface area contributed by atoms with E-state index in [2.05, 4.69) is 30.0 Å². The van der Waals surface area contributed by atoms with Crippen LogP contribution in [0.15, 0.2) is 12.2 Å². The van der Waals surface area contributed by atoms with Crippen LogP contribution in [-0.4, -0.2) is 24.0 Å². The van der Waals surface area contributed by atoms with Crippen molar-refractivity contribution in [3.63, 3.8) is 0 Å². The number of rotatable bonds is 4.